The summed E-state index contributed by atoms with van der Waals surface area (Å²) in [5, 5.41) is 3.36. The summed E-state index contributed by atoms with van der Waals surface area (Å²) in [6.45, 7) is 5.09. The highest BCUT2D eigenvalue weighted by atomic mass is 15.1. The molecule has 0 aliphatic carbocycles. The molecular weight excluding hydrogens is 124 g/mol. The van der Waals surface area contributed by atoms with Crippen molar-refractivity contribution < 1.29 is 4.90 Å². The minimum atomic E-state index is 0.710. The van der Waals surface area contributed by atoms with E-state index in [1.54, 1.807) is 0 Å². The molecule has 2 heteroatoms. The second-order valence-electron chi connectivity index (χ2n) is 3.85. The summed E-state index contributed by atoms with van der Waals surface area (Å²) in [6, 6.07) is 0. The van der Waals surface area contributed by atoms with E-state index in [0.29, 0.717) is 5.41 Å². The number of nitrogens with one attached hydrogen (secondary N) is 2. The van der Waals surface area contributed by atoms with Crippen LogP contribution in [0.4, 0.5) is 0 Å². The fourth-order valence-corrected chi connectivity index (χ4v) is 1.97. The van der Waals surface area contributed by atoms with Crippen LogP contribution in [0.15, 0.2) is 0 Å². The number of hydrogen-bond acceptors (Lipinski definition) is 1. The van der Waals surface area contributed by atoms with Crippen LogP contribution >= 0.6 is 0 Å². The molecule has 2 nitrogen and oxygen atoms in total. The van der Waals surface area contributed by atoms with E-state index in [2.05, 4.69) is 12.4 Å². The molecule has 0 atom stereocenters. The molecule has 0 saturated carbocycles. The van der Waals surface area contributed by atoms with E-state index in [1.165, 1.54) is 43.9 Å². The summed E-state index contributed by atoms with van der Waals surface area (Å²) in [7, 11) is 4.02. The Bertz CT molecular complexity index is 119. The topological polar surface area (TPSA) is 16.5 Å². The fourth-order valence-electron chi connectivity index (χ4n) is 1.97. The van der Waals surface area contributed by atoms with Crippen molar-refractivity contribution in [2.45, 2.75) is 12.8 Å². The first-order chi connectivity index (χ1) is 4.81. The van der Waals surface area contributed by atoms with Gasteiger partial charge in [0.05, 0.1) is 13.1 Å². The molecule has 0 aromatic heterocycles. The maximum Gasteiger partial charge on any atom is 0.0536 e. The molecule has 0 aromatic rings. The molecule has 0 amide bonds. The number of likely N-dealkylation sites (tertiary alicyclic amines) is 1. The Labute approximate surface area is 62.6 Å². The highest BCUT2D eigenvalue weighted by Gasteiger charge is 2.39. The van der Waals surface area contributed by atoms with Gasteiger partial charge in [-0.25, -0.2) is 0 Å². The highest BCUT2D eigenvalue weighted by molar-refractivity contribution is 4.92. The second kappa shape index (κ2) is 2.21. The molecule has 2 saturated heterocycles. The summed E-state index contributed by atoms with van der Waals surface area (Å²) in [4.78, 5) is 1.47. The molecule has 2 aliphatic rings. The van der Waals surface area contributed by atoms with Crippen molar-refractivity contribution in [2.24, 2.45) is 5.41 Å². The number of quaternary nitrogens is 1. The third-order valence-electron chi connectivity index (χ3n) is 3.02. The largest absolute Gasteiger partial charge is 0.468 e. The van der Waals surface area contributed by atoms with E-state index in [1.807, 2.05) is 0 Å². The lowest BCUT2D eigenvalue weighted by atomic mass is 9.74. The highest BCUT2D eigenvalue weighted by Crippen LogP contribution is 2.30. The quantitative estimate of drug-likeness (QED) is 0.415. The van der Waals surface area contributed by atoms with Gasteiger partial charge in [-0.05, 0) is 0 Å². The predicted molar refractivity (Wildman–Crippen MR) is 40.6 cm³/mol. The van der Waals surface area contributed by atoms with E-state index in [4.69, 9.17) is 0 Å². The summed E-state index contributed by atoms with van der Waals surface area (Å²) in [5.41, 5.74) is 0.710. The van der Waals surface area contributed by atoms with Gasteiger partial charge in [-0.2, -0.15) is 7.05 Å². The Hall–Kier alpha value is -0.0800. The first-order valence-corrected chi connectivity index (χ1v) is 4.18. The van der Waals surface area contributed by atoms with Crippen molar-refractivity contribution in [1.29, 1.82) is 0 Å². The van der Waals surface area contributed by atoms with Crippen molar-refractivity contribution in [3.8, 4) is 0 Å². The Morgan fingerprint density at radius 3 is 2.20 bits per heavy atom. The third kappa shape index (κ3) is 0.956. The van der Waals surface area contributed by atoms with Crippen LogP contribution in [0, 0.1) is 12.5 Å². The molecule has 2 N–H and O–H groups in total. The average Bonchev–Trinajstić information content (AvgIpc) is 1.86. The molecule has 58 valence electrons. The van der Waals surface area contributed by atoms with E-state index in [-0.39, 0.29) is 0 Å². The summed E-state index contributed by atoms with van der Waals surface area (Å²) >= 11 is 0. The van der Waals surface area contributed by atoms with Crippen LogP contribution in [-0.4, -0.2) is 26.2 Å². The molecule has 1 spiro atoms. The zero-order valence-electron chi connectivity index (χ0n) is 6.45. The molecule has 10 heavy (non-hydrogen) atoms. The minimum absolute atomic E-state index is 0.710. The van der Waals surface area contributed by atoms with Gasteiger partial charge in [-0.15, -0.1) is 0 Å². The first-order valence-electron chi connectivity index (χ1n) is 4.18. The van der Waals surface area contributed by atoms with Gasteiger partial charge < -0.3 is 10.2 Å². The summed E-state index contributed by atoms with van der Waals surface area (Å²) < 4.78 is 0. The van der Waals surface area contributed by atoms with Gasteiger partial charge in [0.1, 0.15) is 0 Å². The van der Waals surface area contributed by atoms with Gasteiger partial charge in [-0.1, -0.05) is 0 Å². The van der Waals surface area contributed by atoms with Crippen molar-refractivity contribution in [3.05, 3.63) is 7.05 Å². The zero-order chi connectivity index (χ0) is 7.03. The maximum atomic E-state index is 4.02. The normalized spacial score (nSPS) is 32.1. The SMILES string of the molecule is [CH2-][NH+]1CCC2(CC1)CNC2. The van der Waals surface area contributed by atoms with Gasteiger partial charge >= 0.3 is 0 Å². The third-order valence-corrected chi connectivity index (χ3v) is 3.02. The molecule has 2 fully saturated rings. The van der Waals surface area contributed by atoms with Crippen molar-refractivity contribution in [3.63, 3.8) is 0 Å². The standard InChI is InChI=1S/C8H16N2/c1-10-4-2-8(3-5-10)6-9-7-8/h9-10H,1-7H2. The smallest absolute Gasteiger partial charge is 0.0536 e. The van der Waals surface area contributed by atoms with E-state index >= 15 is 0 Å². The Balaban J connectivity index is 1.90. The van der Waals surface area contributed by atoms with E-state index in [0.717, 1.165) is 0 Å². The van der Waals surface area contributed by atoms with Crippen LogP contribution in [0.25, 0.3) is 0 Å². The lowest BCUT2D eigenvalue weighted by Crippen LogP contribution is -3.08. The summed E-state index contributed by atoms with van der Waals surface area (Å²) in [5.74, 6) is 0. The van der Waals surface area contributed by atoms with Crippen LogP contribution in [0.3, 0.4) is 0 Å². The molecule has 0 bridgehead atoms. The molecule has 2 heterocycles. The van der Waals surface area contributed by atoms with Gasteiger partial charge in [-0.3, -0.25) is 0 Å². The average molecular weight is 140 g/mol. The Kier molecular flexibility index (Phi) is 1.46. The van der Waals surface area contributed by atoms with Crippen molar-refractivity contribution >= 4 is 0 Å². The number of rotatable bonds is 0. The van der Waals surface area contributed by atoms with Crippen molar-refractivity contribution in [2.75, 3.05) is 26.2 Å². The zero-order valence-corrected chi connectivity index (χ0v) is 6.45. The minimum Gasteiger partial charge on any atom is -0.468 e. The lowest BCUT2D eigenvalue weighted by Gasteiger charge is -2.47. The van der Waals surface area contributed by atoms with Gasteiger partial charge in [0.2, 0.25) is 0 Å². The summed E-state index contributed by atoms with van der Waals surface area (Å²) in [6.07, 6.45) is 2.78. The van der Waals surface area contributed by atoms with Gasteiger partial charge in [0.15, 0.2) is 0 Å². The molecular formula is C8H16N2. The van der Waals surface area contributed by atoms with Crippen LogP contribution < -0.4 is 10.2 Å². The first kappa shape index (κ1) is 6.62. The van der Waals surface area contributed by atoms with Gasteiger partial charge in [0.25, 0.3) is 0 Å². The van der Waals surface area contributed by atoms with Gasteiger partial charge in [0, 0.05) is 31.3 Å². The van der Waals surface area contributed by atoms with Crippen LogP contribution in [0.2, 0.25) is 0 Å². The lowest BCUT2D eigenvalue weighted by molar-refractivity contribution is -0.862. The molecule has 2 aliphatic heterocycles. The Morgan fingerprint density at radius 2 is 1.80 bits per heavy atom. The van der Waals surface area contributed by atoms with Crippen LogP contribution in [-0.2, 0) is 0 Å². The van der Waals surface area contributed by atoms with E-state index in [9.17, 15) is 0 Å². The predicted octanol–water partition coefficient (Wildman–Crippen LogP) is -0.954. The fraction of sp³-hybridized carbons (Fsp3) is 0.875. The van der Waals surface area contributed by atoms with Crippen molar-refractivity contribution in [1.82, 2.24) is 5.32 Å². The van der Waals surface area contributed by atoms with Crippen LogP contribution in [0.5, 0.6) is 0 Å². The molecule has 2 rings (SSSR count). The molecule has 0 radical (unpaired) electrons. The molecule has 0 unspecified atom stereocenters. The maximum absolute atomic E-state index is 4.02. The van der Waals surface area contributed by atoms with Crippen LogP contribution in [0.1, 0.15) is 12.8 Å². The number of hydrogen-bond donors (Lipinski definition) is 2. The second-order valence-corrected chi connectivity index (χ2v) is 3.85. The molecule has 0 aromatic carbocycles. The van der Waals surface area contributed by atoms with E-state index < -0.39 is 0 Å². The number of piperidine rings is 1. The Morgan fingerprint density at radius 1 is 1.20 bits per heavy atom. The monoisotopic (exact) mass is 140 g/mol.